The summed E-state index contributed by atoms with van der Waals surface area (Å²) in [5, 5.41) is 5.26. The van der Waals surface area contributed by atoms with Crippen LogP contribution in [0, 0.1) is 5.92 Å². The zero-order valence-corrected chi connectivity index (χ0v) is 20.3. The van der Waals surface area contributed by atoms with Crippen LogP contribution in [0.15, 0.2) is 79.1 Å². The van der Waals surface area contributed by atoms with E-state index >= 15 is 0 Å². The molecule has 4 aromatic rings. The number of nitrogens with one attached hydrogen (secondary N) is 1. The van der Waals surface area contributed by atoms with E-state index in [0.29, 0.717) is 12.5 Å². The van der Waals surface area contributed by atoms with E-state index in [2.05, 4.69) is 66.6 Å². The van der Waals surface area contributed by atoms with Crippen LogP contribution in [0.3, 0.4) is 0 Å². The van der Waals surface area contributed by atoms with Gasteiger partial charge in [-0.2, -0.15) is 0 Å². The minimum Gasteiger partial charge on any atom is -0.497 e. The van der Waals surface area contributed by atoms with E-state index in [1.165, 1.54) is 5.56 Å². The van der Waals surface area contributed by atoms with Crippen LogP contribution in [-0.2, 0) is 17.8 Å². The van der Waals surface area contributed by atoms with Crippen LogP contribution in [0.25, 0.3) is 21.9 Å². The number of carbonyl (C=O) groups excluding carboxylic acids is 1. The molecule has 4 nitrogen and oxygen atoms in total. The SMILES string of the molecule is COc1cccc(-c2ccc(CNC(=O)C(C)c3ccc(CC(C)C)cc3)c3cnccc23)c1. The third-order valence-electron chi connectivity index (χ3n) is 6.26. The van der Waals surface area contributed by atoms with Gasteiger partial charge in [0.1, 0.15) is 5.75 Å². The second-order valence-electron chi connectivity index (χ2n) is 9.20. The van der Waals surface area contributed by atoms with Gasteiger partial charge in [-0.3, -0.25) is 9.78 Å². The average molecular weight is 453 g/mol. The average Bonchev–Trinajstić information content (AvgIpc) is 2.86. The van der Waals surface area contributed by atoms with Crippen molar-refractivity contribution >= 4 is 16.7 Å². The minimum atomic E-state index is -0.214. The smallest absolute Gasteiger partial charge is 0.227 e. The Morgan fingerprint density at radius 1 is 0.971 bits per heavy atom. The summed E-state index contributed by atoms with van der Waals surface area (Å²) in [5.74, 6) is 1.24. The van der Waals surface area contributed by atoms with Crippen molar-refractivity contribution in [1.82, 2.24) is 10.3 Å². The summed E-state index contributed by atoms with van der Waals surface area (Å²) in [4.78, 5) is 17.3. The molecule has 0 aliphatic carbocycles. The van der Waals surface area contributed by atoms with Gasteiger partial charge in [0.15, 0.2) is 0 Å². The maximum Gasteiger partial charge on any atom is 0.227 e. The largest absolute Gasteiger partial charge is 0.497 e. The number of amides is 1. The van der Waals surface area contributed by atoms with Crippen molar-refractivity contribution < 1.29 is 9.53 Å². The monoisotopic (exact) mass is 452 g/mol. The molecule has 1 amide bonds. The molecule has 1 atom stereocenters. The molecule has 4 rings (SSSR count). The first kappa shape index (κ1) is 23.5. The van der Waals surface area contributed by atoms with Gasteiger partial charge in [-0.25, -0.2) is 0 Å². The number of hydrogen-bond acceptors (Lipinski definition) is 3. The fourth-order valence-corrected chi connectivity index (χ4v) is 4.35. The molecule has 0 bridgehead atoms. The van der Waals surface area contributed by atoms with Gasteiger partial charge in [-0.05, 0) is 70.7 Å². The number of benzene rings is 3. The Hall–Kier alpha value is -3.66. The first-order chi connectivity index (χ1) is 16.5. The highest BCUT2D eigenvalue weighted by Crippen LogP contribution is 2.32. The molecule has 1 unspecified atom stereocenters. The highest BCUT2D eigenvalue weighted by atomic mass is 16.5. The molecule has 1 N–H and O–H groups in total. The predicted molar refractivity (Wildman–Crippen MR) is 139 cm³/mol. The summed E-state index contributed by atoms with van der Waals surface area (Å²) in [5.41, 5.74) is 5.58. The molecule has 0 fully saturated rings. The van der Waals surface area contributed by atoms with Gasteiger partial charge in [-0.1, -0.05) is 62.4 Å². The Balaban J connectivity index is 1.52. The van der Waals surface area contributed by atoms with E-state index in [-0.39, 0.29) is 11.8 Å². The summed E-state index contributed by atoms with van der Waals surface area (Å²) in [7, 11) is 1.67. The molecule has 0 saturated carbocycles. The molecule has 0 aliphatic heterocycles. The molecule has 3 aromatic carbocycles. The van der Waals surface area contributed by atoms with Gasteiger partial charge in [0, 0.05) is 24.3 Å². The molecule has 0 radical (unpaired) electrons. The van der Waals surface area contributed by atoms with Crippen LogP contribution >= 0.6 is 0 Å². The molecule has 1 heterocycles. The Bertz CT molecular complexity index is 1280. The molecule has 1 aromatic heterocycles. The van der Waals surface area contributed by atoms with Crippen LogP contribution in [-0.4, -0.2) is 18.0 Å². The second kappa shape index (κ2) is 10.5. The quantitative estimate of drug-likeness (QED) is 0.331. The van der Waals surface area contributed by atoms with Crippen molar-refractivity contribution in [3.63, 3.8) is 0 Å². The summed E-state index contributed by atoms with van der Waals surface area (Å²) < 4.78 is 5.40. The summed E-state index contributed by atoms with van der Waals surface area (Å²) in [6, 6.07) is 22.7. The van der Waals surface area contributed by atoms with Crippen LogP contribution < -0.4 is 10.1 Å². The van der Waals surface area contributed by atoms with Gasteiger partial charge in [0.25, 0.3) is 0 Å². The van der Waals surface area contributed by atoms with E-state index in [1.54, 1.807) is 13.3 Å². The molecule has 174 valence electrons. The van der Waals surface area contributed by atoms with E-state index in [0.717, 1.165) is 45.2 Å². The van der Waals surface area contributed by atoms with Crippen molar-refractivity contribution in [2.45, 2.75) is 39.7 Å². The lowest BCUT2D eigenvalue weighted by Crippen LogP contribution is -2.27. The first-order valence-electron chi connectivity index (χ1n) is 11.8. The van der Waals surface area contributed by atoms with Gasteiger partial charge in [0.05, 0.1) is 13.0 Å². The summed E-state index contributed by atoms with van der Waals surface area (Å²) in [6.07, 6.45) is 4.73. The van der Waals surface area contributed by atoms with Gasteiger partial charge >= 0.3 is 0 Å². The standard InChI is InChI=1S/C30H32N2O2/c1-20(2)16-22-8-10-23(11-9-22)21(3)30(33)32-18-25-12-13-27(28-14-15-31-19-29(25)28)24-6-5-7-26(17-24)34-4/h5-15,17,19-21H,16,18H2,1-4H3,(H,32,33). The molecular weight excluding hydrogens is 420 g/mol. The lowest BCUT2D eigenvalue weighted by Gasteiger charge is -2.16. The van der Waals surface area contributed by atoms with E-state index in [4.69, 9.17) is 4.74 Å². The number of fused-ring (bicyclic) bond motifs is 1. The molecule has 34 heavy (non-hydrogen) atoms. The molecule has 0 aliphatic rings. The molecule has 0 spiro atoms. The normalized spacial score (nSPS) is 12.0. The second-order valence-corrected chi connectivity index (χ2v) is 9.20. The van der Waals surface area contributed by atoms with E-state index in [9.17, 15) is 4.79 Å². The Labute approximate surface area is 202 Å². The zero-order chi connectivity index (χ0) is 24.1. The van der Waals surface area contributed by atoms with Crippen LogP contribution in [0.2, 0.25) is 0 Å². The van der Waals surface area contributed by atoms with Gasteiger partial charge in [0.2, 0.25) is 5.91 Å². The fourth-order valence-electron chi connectivity index (χ4n) is 4.35. The highest BCUT2D eigenvalue weighted by Gasteiger charge is 2.16. The minimum absolute atomic E-state index is 0.0190. The number of pyridine rings is 1. The number of hydrogen-bond donors (Lipinski definition) is 1. The van der Waals surface area contributed by atoms with Gasteiger partial charge < -0.3 is 10.1 Å². The van der Waals surface area contributed by atoms with E-state index < -0.39 is 0 Å². The maximum absolute atomic E-state index is 12.9. The lowest BCUT2D eigenvalue weighted by atomic mass is 9.95. The van der Waals surface area contributed by atoms with Crippen LogP contribution in [0.5, 0.6) is 5.75 Å². The number of methoxy groups -OCH3 is 1. The van der Waals surface area contributed by atoms with Crippen molar-refractivity contribution in [2.24, 2.45) is 5.92 Å². The first-order valence-corrected chi connectivity index (χ1v) is 11.8. The number of nitrogens with zero attached hydrogens (tertiary/aromatic N) is 1. The Morgan fingerprint density at radius 2 is 1.76 bits per heavy atom. The summed E-state index contributed by atoms with van der Waals surface area (Å²) >= 11 is 0. The molecule has 0 saturated heterocycles. The third kappa shape index (κ3) is 5.28. The number of carbonyl (C=O) groups is 1. The Morgan fingerprint density at radius 3 is 2.50 bits per heavy atom. The Kier molecular flexibility index (Phi) is 7.27. The topological polar surface area (TPSA) is 51.2 Å². The van der Waals surface area contributed by atoms with Crippen molar-refractivity contribution in [3.05, 3.63) is 95.8 Å². The third-order valence-corrected chi connectivity index (χ3v) is 6.26. The van der Waals surface area contributed by atoms with Crippen molar-refractivity contribution in [2.75, 3.05) is 7.11 Å². The van der Waals surface area contributed by atoms with E-state index in [1.807, 2.05) is 37.4 Å². The molecule has 4 heteroatoms. The number of aromatic nitrogens is 1. The van der Waals surface area contributed by atoms with Crippen LogP contribution in [0.1, 0.15) is 43.4 Å². The highest BCUT2D eigenvalue weighted by molar-refractivity contribution is 5.98. The lowest BCUT2D eigenvalue weighted by molar-refractivity contribution is -0.122. The van der Waals surface area contributed by atoms with Crippen molar-refractivity contribution in [1.29, 1.82) is 0 Å². The number of ether oxygens (including phenoxy) is 1. The van der Waals surface area contributed by atoms with Gasteiger partial charge in [-0.15, -0.1) is 0 Å². The fraction of sp³-hybridized carbons (Fsp3) is 0.267. The van der Waals surface area contributed by atoms with Crippen LogP contribution in [0.4, 0.5) is 0 Å². The predicted octanol–water partition coefficient (Wildman–Crippen LogP) is 6.53. The summed E-state index contributed by atoms with van der Waals surface area (Å²) in [6.45, 7) is 6.84. The maximum atomic E-state index is 12.9. The molecular formula is C30H32N2O2. The number of rotatable bonds is 8. The zero-order valence-electron chi connectivity index (χ0n) is 20.3. The van der Waals surface area contributed by atoms with Crippen molar-refractivity contribution in [3.8, 4) is 16.9 Å².